The summed E-state index contributed by atoms with van der Waals surface area (Å²) in [6.07, 6.45) is 1.23. The van der Waals surface area contributed by atoms with Crippen molar-refractivity contribution in [2.24, 2.45) is 0 Å². The molecule has 2 aromatic rings. The zero-order chi connectivity index (χ0) is 8.55. The van der Waals surface area contributed by atoms with Crippen molar-refractivity contribution in [3.8, 4) is 0 Å². The van der Waals surface area contributed by atoms with Gasteiger partial charge in [-0.25, -0.2) is 4.98 Å². The van der Waals surface area contributed by atoms with Crippen LogP contribution in [0.15, 0.2) is 29.2 Å². The quantitative estimate of drug-likeness (QED) is 0.669. The molecule has 0 radical (unpaired) electrons. The Morgan fingerprint density at radius 2 is 2.25 bits per heavy atom. The number of hydrogen-bond acceptors (Lipinski definition) is 2. The van der Waals surface area contributed by atoms with E-state index in [1.54, 1.807) is 18.2 Å². The van der Waals surface area contributed by atoms with Gasteiger partial charge in [-0.3, -0.25) is 4.79 Å². The van der Waals surface area contributed by atoms with E-state index in [4.69, 9.17) is 11.6 Å². The molecule has 0 fully saturated rings. The molecule has 2 rings (SSSR count). The Labute approximate surface area is 73.0 Å². The fourth-order valence-electron chi connectivity index (χ4n) is 1.03. The van der Waals surface area contributed by atoms with Gasteiger partial charge in [-0.2, -0.15) is 0 Å². The molecule has 0 aliphatic carbocycles. The monoisotopic (exact) mass is 180 g/mol. The van der Waals surface area contributed by atoms with Crippen LogP contribution in [0, 0.1) is 0 Å². The van der Waals surface area contributed by atoms with Gasteiger partial charge in [0.1, 0.15) is 0 Å². The Balaban J connectivity index is 2.97. The van der Waals surface area contributed by atoms with Gasteiger partial charge in [0, 0.05) is 0 Å². The summed E-state index contributed by atoms with van der Waals surface area (Å²) < 4.78 is 0. The highest BCUT2D eigenvalue weighted by molar-refractivity contribution is 6.34. The summed E-state index contributed by atoms with van der Waals surface area (Å²) in [5, 5.41) is 0.512. The van der Waals surface area contributed by atoms with Crippen LogP contribution >= 0.6 is 11.6 Å². The van der Waals surface area contributed by atoms with Gasteiger partial charge in [-0.15, -0.1) is 0 Å². The van der Waals surface area contributed by atoms with Gasteiger partial charge in [0.25, 0.3) is 5.56 Å². The molecule has 0 saturated carbocycles. The smallest absolute Gasteiger partial charge is 0.266 e. The van der Waals surface area contributed by atoms with Crippen LogP contribution in [0.1, 0.15) is 0 Å². The molecule has 1 heterocycles. The van der Waals surface area contributed by atoms with Crippen molar-refractivity contribution in [2.75, 3.05) is 0 Å². The van der Waals surface area contributed by atoms with Gasteiger partial charge in [-0.1, -0.05) is 17.7 Å². The summed E-state index contributed by atoms with van der Waals surface area (Å²) in [5.41, 5.74) is 1.05. The van der Waals surface area contributed by atoms with Gasteiger partial charge in [0.2, 0.25) is 0 Å². The molecule has 0 amide bonds. The Morgan fingerprint density at radius 1 is 1.42 bits per heavy atom. The van der Waals surface area contributed by atoms with Gasteiger partial charge < -0.3 is 4.98 Å². The highest BCUT2D eigenvalue weighted by Gasteiger charge is 1.98. The average Bonchev–Trinajstić information content (AvgIpc) is 2.07. The minimum Gasteiger partial charge on any atom is -0.318 e. The molecule has 0 bridgehead atoms. The number of aromatic nitrogens is 2. The normalized spacial score (nSPS) is 10.4. The molecule has 0 unspecified atom stereocenters. The first kappa shape index (κ1) is 7.31. The van der Waals surface area contributed by atoms with Crippen molar-refractivity contribution >= 4 is 22.6 Å². The lowest BCUT2D eigenvalue weighted by Gasteiger charge is -1.96. The van der Waals surface area contributed by atoms with Crippen LogP contribution in [0.5, 0.6) is 0 Å². The molecular weight excluding hydrogens is 176 g/mol. The van der Waals surface area contributed by atoms with Crippen LogP contribution in [0.2, 0.25) is 5.02 Å². The predicted molar refractivity (Wildman–Crippen MR) is 47.4 cm³/mol. The van der Waals surface area contributed by atoms with Crippen LogP contribution in [0.4, 0.5) is 0 Å². The summed E-state index contributed by atoms with van der Waals surface area (Å²) in [7, 11) is 0. The number of nitrogens with one attached hydrogen (secondary N) is 1. The van der Waals surface area contributed by atoms with E-state index in [0.29, 0.717) is 16.1 Å². The summed E-state index contributed by atoms with van der Waals surface area (Å²) in [4.78, 5) is 17.4. The number of H-pyrrole nitrogens is 1. The second-order valence-electron chi connectivity index (χ2n) is 2.38. The van der Waals surface area contributed by atoms with E-state index in [1.807, 2.05) is 0 Å². The molecule has 1 aromatic heterocycles. The van der Waals surface area contributed by atoms with Gasteiger partial charge in [0.05, 0.1) is 22.3 Å². The average molecular weight is 181 g/mol. The lowest BCUT2D eigenvalue weighted by Crippen LogP contribution is -2.04. The Kier molecular flexibility index (Phi) is 1.59. The van der Waals surface area contributed by atoms with E-state index in [0.717, 1.165) is 0 Å². The predicted octanol–water partition coefficient (Wildman–Crippen LogP) is 1.58. The number of para-hydroxylation sites is 1. The molecule has 1 N–H and O–H groups in total. The molecular formula is C8H5ClN2O. The van der Waals surface area contributed by atoms with Crippen molar-refractivity contribution < 1.29 is 0 Å². The fourth-order valence-corrected chi connectivity index (χ4v) is 1.24. The summed E-state index contributed by atoms with van der Waals surface area (Å²) in [5.74, 6) is 0. The van der Waals surface area contributed by atoms with Crippen LogP contribution < -0.4 is 5.56 Å². The van der Waals surface area contributed by atoms with Gasteiger partial charge in [-0.05, 0) is 12.1 Å². The zero-order valence-electron chi connectivity index (χ0n) is 6.04. The molecule has 60 valence electrons. The van der Waals surface area contributed by atoms with E-state index >= 15 is 0 Å². The Morgan fingerprint density at radius 3 is 3.08 bits per heavy atom. The van der Waals surface area contributed by atoms with Gasteiger partial charge in [0.15, 0.2) is 0 Å². The van der Waals surface area contributed by atoms with Crippen LogP contribution in [-0.4, -0.2) is 9.97 Å². The molecule has 1 aromatic carbocycles. The highest BCUT2D eigenvalue weighted by Crippen LogP contribution is 2.17. The number of nitrogens with zero attached hydrogens (tertiary/aromatic N) is 1. The van der Waals surface area contributed by atoms with Crippen molar-refractivity contribution in [3.05, 3.63) is 39.8 Å². The molecule has 0 aliphatic heterocycles. The second kappa shape index (κ2) is 2.60. The molecule has 0 spiro atoms. The third kappa shape index (κ3) is 1.08. The van der Waals surface area contributed by atoms with Gasteiger partial charge >= 0.3 is 0 Å². The topological polar surface area (TPSA) is 45.8 Å². The number of aromatic amines is 1. The van der Waals surface area contributed by atoms with E-state index in [-0.39, 0.29) is 5.56 Å². The van der Waals surface area contributed by atoms with Crippen LogP contribution in [0.25, 0.3) is 11.0 Å². The Hall–Kier alpha value is -1.35. The third-order valence-electron chi connectivity index (χ3n) is 1.56. The first-order valence-corrected chi connectivity index (χ1v) is 3.79. The molecule has 12 heavy (non-hydrogen) atoms. The molecule has 4 heteroatoms. The maximum Gasteiger partial charge on any atom is 0.266 e. The lowest BCUT2D eigenvalue weighted by molar-refractivity contribution is 1.22. The fraction of sp³-hybridized carbons (Fsp3) is 0. The molecule has 0 aliphatic rings. The maximum atomic E-state index is 10.9. The summed E-state index contributed by atoms with van der Waals surface area (Å²) >= 11 is 5.82. The standard InChI is InChI=1S/C8H5ClN2O/c9-5-2-1-3-6-8(5)11-7(12)4-10-6/h1-4H,(H,11,12). The van der Waals surface area contributed by atoms with E-state index in [1.165, 1.54) is 6.20 Å². The first-order chi connectivity index (χ1) is 5.77. The lowest BCUT2D eigenvalue weighted by atomic mass is 10.3. The largest absolute Gasteiger partial charge is 0.318 e. The highest BCUT2D eigenvalue weighted by atomic mass is 35.5. The number of benzene rings is 1. The maximum absolute atomic E-state index is 10.9. The number of fused-ring (bicyclic) bond motifs is 1. The van der Waals surface area contributed by atoms with Crippen molar-refractivity contribution in [3.63, 3.8) is 0 Å². The molecule has 3 nitrogen and oxygen atoms in total. The number of rotatable bonds is 0. The number of halogens is 1. The van der Waals surface area contributed by atoms with Crippen molar-refractivity contribution in [1.29, 1.82) is 0 Å². The number of hydrogen-bond donors (Lipinski definition) is 1. The van der Waals surface area contributed by atoms with Crippen LogP contribution in [-0.2, 0) is 0 Å². The van der Waals surface area contributed by atoms with Crippen molar-refractivity contribution in [2.45, 2.75) is 0 Å². The first-order valence-electron chi connectivity index (χ1n) is 3.41. The molecule has 0 saturated heterocycles. The minimum absolute atomic E-state index is 0.240. The van der Waals surface area contributed by atoms with Crippen molar-refractivity contribution in [1.82, 2.24) is 9.97 Å². The Bertz CT molecular complexity index is 478. The SMILES string of the molecule is O=c1cnc2cccc(Cl)c2[nH]1. The van der Waals surface area contributed by atoms with E-state index in [2.05, 4.69) is 9.97 Å². The summed E-state index contributed by atoms with van der Waals surface area (Å²) in [6, 6.07) is 5.29. The zero-order valence-corrected chi connectivity index (χ0v) is 6.80. The summed E-state index contributed by atoms with van der Waals surface area (Å²) in [6.45, 7) is 0. The van der Waals surface area contributed by atoms with E-state index < -0.39 is 0 Å². The third-order valence-corrected chi connectivity index (χ3v) is 1.88. The van der Waals surface area contributed by atoms with Crippen LogP contribution in [0.3, 0.4) is 0 Å². The second-order valence-corrected chi connectivity index (χ2v) is 2.79. The molecule has 0 atom stereocenters. The minimum atomic E-state index is -0.240. The van der Waals surface area contributed by atoms with E-state index in [9.17, 15) is 4.79 Å².